The fraction of sp³-hybridized carbons (Fsp3) is 0.100. The van der Waals surface area contributed by atoms with E-state index in [1.807, 2.05) is 0 Å². The minimum Gasteiger partial charge on any atom is -0.487 e. The van der Waals surface area contributed by atoms with Crippen LogP contribution in [0.15, 0.2) is 60.8 Å². The van der Waals surface area contributed by atoms with Gasteiger partial charge in [0.05, 0.1) is 16.4 Å². The van der Waals surface area contributed by atoms with Crippen LogP contribution in [-0.2, 0) is 12.8 Å². The molecule has 0 aliphatic heterocycles. The van der Waals surface area contributed by atoms with Crippen molar-refractivity contribution < 1.29 is 22.3 Å². The molecule has 0 fully saturated rings. The number of halogens is 5. The lowest BCUT2D eigenvalue weighted by Crippen LogP contribution is -2.08. The van der Waals surface area contributed by atoms with Crippen LogP contribution in [0.5, 0.6) is 5.75 Å². The first-order chi connectivity index (χ1) is 13.8. The molecule has 29 heavy (non-hydrogen) atoms. The van der Waals surface area contributed by atoms with Gasteiger partial charge in [0.25, 0.3) is 0 Å². The summed E-state index contributed by atoms with van der Waals surface area (Å²) in [7, 11) is 0. The van der Waals surface area contributed by atoms with E-state index in [4.69, 9.17) is 16.3 Å². The fourth-order valence-electron chi connectivity index (χ4n) is 2.89. The van der Waals surface area contributed by atoms with Crippen molar-refractivity contribution in [1.29, 1.82) is 0 Å². The van der Waals surface area contributed by atoms with Gasteiger partial charge in [-0.3, -0.25) is 4.98 Å². The number of nitrogens with zero attached hydrogens (tertiary/aromatic N) is 3. The van der Waals surface area contributed by atoms with Crippen molar-refractivity contribution in [2.75, 3.05) is 0 Å². The van der Waals surface area contributed by atoms with Crippen LogP contribution in [0.25, 0.3) is 16.6 Å². The van der Waals surface area contributed by atoms with Crippen molar-refractivity contribution in [3.63, 3.8) is 0 Å². The SMILES string of the molecule is Fc1cccc2c(OCc3cc(C(F)(F)F)nn3-c3ccccc3Cl)ccnc12. The molecular formula is C20H12ClF4N3O. The Morgan fingerprint density at radius 1 is 1.03 bits per heavy atom. The second-order valence-corrected chi connectivity index (χ2v) is 6.52. The molecule has 0 bridgehead atoms. The molecule has 0 saturated carbocycles. The Hall–Kier alpha value is -3.13. The van der Waals surface area contributed by atoms with Gasteiger partial charge in [-0.25, -0.2) is 9.07 Å². The average Bonchev–Trinajstić information content (AvgIpc) is 3.12. The van der Waals surface area contributed by atoms with Crippen LogP contribution < -0.4 is 4.74 Å². The summed E-state index contributed by atoms with van der Waals surface area (Å²) in [5.41, 5.74) is -0.539. The third-order valence-corrected chi connectivity index (χ3v) is 4.53. The first kappa shape index (κ1) is 19.2. The molecule has 0 amide bonds. The predicted molar refractivity (Wildman–Crippen MR) is 99.6 cm³/mol. The standard InChI is InChI=1S/C20H12ClF4N3O/c21-14-5-1-2-7-16(14)28-12(10-18(27-28)20(23,24)25)11-29-17-8-9-26-19-13(17)4-3-6-15(19)22/h1-10H,11H2. The van der Waals surface area contributed by atoms with Crippen LogP contribution in [0.4, 0.5) is 17.6 Å². The van der Waals surface area contributed by atoms with Crippen LogP contribution in [-0.4, -0.2) is 14.8 Å². The van der Waals surface area contributed by atoms with Gasteiger partial charge in [-0.05, 0) is 36.4 Å². The Labute approximate surface area is 167 Å². The number of benzene rings is 2. The molecule has 0 N–H and O–H groups in total. The number of fused-ring (bicyclic) bond motifs is 1. The van der Waals surface area contributed by atoms with Crippen molar-refractivity contribution >= 4 is 22.5 Å². The highest BCUT2D eigenvalue weighted by molar-refractivity contribution is 6.32. The van der Waals surface area contributed by atoms with Crippen LogP contribution in [0.1, 0.15) is 11.4 Å². The van der Waals surface area contributed by atoms with Crippen LogP contribution >= 0.6 is 11.6 Å². The number of aromatic nitrogens is 3. The lowest BCUT2D eigenvalue weighted by atomic mass is 10.2. The van der Waals surface area contributed by atoms with Crippen LogP contribution in [0.3, 0.4) is 0 Å². The number of ether oxygens (including phenoxy) is 1. The number of rotatable bonds is 4. The molecule has 4 nitrogen and oxygen atoms in total. The normalized spacial score (nSPS) is 11.8. The summed E-state index contributed by atoms with van der Waals surface area (Å²) in [5.74, 6) is -0.233. The summed E-state index contributed by atoms with van der Waals surface area (Å²) in [6, 6.07) is 13.2. The van der Waals surface area contributed by atoms with E-state index in [0.29, 0.717) is 5.39 Å². The van der Waals surface area contributed by atoms with Gasteiger partial charge >= 0.3 is 6.18 Å². The highest BCUT2D eigenvalue weighted by Gasteiger charge is 2.35. The van der Waals surface area contributed by atoms with Crippen molar-refractivity contribution in [1.82, 2.24) is 14.8 Å². The van der Waals surface area contributed by atoms with Crippen molar-refractivity contribution in [3.05, 3.63) is 83.0 Å². The second-order valence-electron chi connectivity index (χ2n) is 6.12. The molecule has 2 heterocycles. The van der Waals surface area contributed by atoms with Gasteiger partial charge in [0.15, 0.2) is 5.69 Å². The summed E-state index contributed by atoms with van der Waals surface area (Å²) in [5, 5.41) is 4.30. The van der Waals surface area contributed by atoms with Crippen molar-refractivity contribution in [2.24, 2.45) is 0 Å². The Morgan fingerprint density at radius 2 is 1.83 bits per heavy atom. The summed E-state index contributed by atoms with van der Waals surface area (Å²) < 4.78 is 60.4. The van der Waals surface area contributed by atoms with E-state index in [-0.39, 0.29) is 34.3 Å². The smallest absolute Gasteiger partial charge is 0.435 e. The maximum atomic E-state index is 13.9. The highest BCUT2D eigenvalue weighted by atomic mass is 35.5. The third-order valence-electron chi connectivity index (χ3n) is 4.21. The summed E-state index contributed by atoms with van der Waals surface area (Å²) in [6.45, 7) is -0.246. The van der Waals surface area contributed by atoms with Crippen molar-refractivity contribution in [3.8, 4) is 11.4 Å². The molecule has 0 spiro atoms. The van der Waals surface area contributed by atoms with E-state index in [1.54, 1.807) is 30.3 Å². The maximum absolute atomic E-state index is 13.9. The molecule has 4 rings (SSSR count). The Balaban J connectivity index is 1.73. The molecule has 2 aromatic heterocycles. The first-order valence-electron chi connectivity index (χ1n) is 8.41. The van der Waals surface area contributed by atoms with Gasteiger partial charge < -0.3 is 4.74 Å². The molecule has 0 atom stereocenters. The molecule has 4 aromatic rings. The number of pyridine rings is 1. The molecule has 9 heteroatoms. The van der Waals surface area contributed by atoms with E-state index in [0.717, 1.165) is 10.7 Å². The number of hydrogen-bond donors (Lipinski definition) is 0. The van der Waals surface area contributed by atoms with Crippen molar-refractivity contribution in [2.45, 2.75) is 12.8 Å². The monoisotopic (exact) mass is 421 g/mol. The van der Waals surface area contributed by atoms with E-state index in [2.05, 4.69) is 10.1 Å². The largest absolute Gasteiger partial charge is 0.487 e. The maximum Gasteiger partial charge on any atom is 0.435 e. The van der Waals surface area contributed by atoms with Crippen LogP contribution in [0, 0.1) is 5.82 Å². The van der Waals surface area contributed by atoms with E-state index < -0.39 is 17.7 Å². The number of alkyl halides is 3. The molecular weight excluding hydrogens is 410 g/mol. The van der Waals surface area contributed by atoms with E-state index in [9.17, 15) is 17.6 Å². The summed E-state index contributed by atoms with van der Waals surface area (Å²) in [6.07, 6.45) is -3.26. The topological polar surface area (TPSA) is 39.9 Å². The molecule has 2 aromatic carbocycles. The van der Waals surface area contributed by atoms with Gasteiger partial charge in [-0.15, -0.1) is 0 Å². The Morgan fingerprint density at radius 3 is 2.59 bits per heavy atom. The fourth-order valence-corrected chi connectivity index (χ4v) is 3.10. The Kier molecular flexibility index (Phi) is 4.87. The van der Waals surface area contributed by atoms with Gasteiger partial charge in [0.2, 0.25) is 0 Å². The minimum absolute atomic E-state index is 0.112. The van der Waals surface area contributed by atoms with E-state index in [1.165, 1.54) is 24.4 Å². The summed E-state index contributed by atoms with van der Waals surface area (Å²) >= 11 is 6.13. The van der Waals surface area contributed by atoms with Crippen LogP contribution in [0.2, 0.25) is 5.02 Å². The second kappa shape index (κ2) is 7.36. The molecule has 0 aliphatic carbocycles. The zero-order valence-electron chi connectivity index (χ0n) is 14.6. The van der Waals surface area contributed by atoms with Gasteiger partial charge in [-0.1, -0.05) is 29.8 Å². The van der Waals surface area contributed by atoms with Gasteiger partial charge in [0, 0.05) is 11.6 Å². The minimum atomic E-state index is -4.63. The average molecular weight is 422 g/mol. The zero-order chi connectivity index (χ0) is 20.6. The van der Waals surface area contributed by atoms with Gasteiger partial charge in [-0.2, -0.15) is 18.3 Å². The lowest BCUT2D eigenvalue weighted by Gasteiger charge is -2.12. The third kappa shape index (κ3) is 3.75. The number of hydrogen-bond acceptors (Lipinski definition) is 3. The molecule has 0 saturated heterocycles. The lowest BCUT2D eigenvalue weighted by molar-refractivity contribution is -0.141. The molecule has 0 radical (unpaired) electrons. The number of para-hydroxylation sites is 2. The highest BCUT2D eigenvalue weighted by Crippen LogP contribution is 2.32. The predicted octanol–water partition coefficient (Wildman–Crippen LogP) is 5.81. The summed E-state index contributed by atoms with van der Waals surface area (Å²) in [4.78, 5) is 3.97. The molecule has 148 valence electrons. The van der Waals surface area contributed by atoms with Gasteiger partial charge in [0.1, 0.15) is 23.7 Å². The zero-order valence-corrected chi connectivity index (χ0v) is 15.4. The molecule has 0 aliphatic rings. The first-order valence-corrected chi connectivity index (χ1v) is 8.79. The molecule has 0 unspecified atom stereocenters. The van der Waals surface area contributed by atoms with E-state index >= 15 is 0 Å². The Bertz CT molecular complexity index is 1190. The quantitative estimate of drug-likeness (QED) is 0.390.